The zero-order valence-electron chi connectivity index (χ0n) is 11.5. The van der Waals surface area contributed by atoms with E-state index in [4.69, 9.17) is 5.73 Å². The van der Waals surface area contributed by atoms with E-state index in [1.165, 1.54) is 16.3 Å². The number of rotatable bonds is 5. The monoisotopic (exact) mass is 265 g/mol. The van der Waals surface area contributed by atoms with E-state index in [1.54, 1.807) is 0 Å². The van der Waals surface area contributed by atoms with E-state index in [0.29, 0.717) is 0 Å². The third kappa shape index (κ3) is 2.58. The van der Waals surface area contributed by atoms with Gasteiger partial charge in [0, 0.05) is 12.0 Å². The Morgan fingerprint density at radius 2 is 1.85 bits per heavy atom. The first-order valence-electron chi connectivity index (χ1n) is 7.10. The van der Waals surface area contributed by atoms with Crippen molar-refractivity contribution in [1.29, 1.82) is 0 Å². The summed E-state index contributed by atoms with van der Waals surface area (Å²) in [4.78, 5) is 7.90. The van der Waals surface area contributed by atoms with Crippen LogP contribution in [0.4, 0.5) is 0 Å². The molecule has 3 aromatic rings. The molecule has 2 aromatic carbocycles. The third-order valence-corrected chi connectivity index (χ3v) is 3.58. The fourth-order valence-corrected chi connectivity index (χ4v) is 2.52. The number of aromatic nitrogens is 2. The number of imidazole rings is 1. The Morgan fingerprint density at radius 3 is 2.75 bits per heavy atom. The fraction of sp³-hybridized carbons (Fsp3) is 0.235. The number of fused-ring (bicyclic) bond motifs is 1. The summed E-state index contributed by atoms with van der Waals surface area (Å²) in [5.74, 6) is 1.04. The average Bonchev–Trinajstić information content (AvgIpc) is 2.96. The molecular formula is C17H19N3. The number of nitrogens with zero attached hydrogens (tertiary/aromatic N) is 1. The Bertz CT molecular complexity index is 695. The van der Waals surface area contributed by atoms with Crippen molar-refractivity contribution in [3.63, 3.8) is 0 Å². The van der Waals surface area contributed by atoms with Crippen LogP contribution < -0.4 is 5.73 Å². The minimum atomic E-state index is 0.747. The summed E-state index contributed by atoms with van der Waals surface area (Å²) in [7, 11) is 0. The van der Waals surface area contributed by atoms with E-state index in [0.717, 1.165) is 37.3 Å². The van der Waals surface area contributed by atoms with Crippen LogP contribution in [0.2, 0.25) is 0 Å². The predicted molar refractivity (Wildman–Crippen MR) is 83.5 cm³/mol. The third-order valence-electron chi connectivity index (χ3n) is 3.58. The molecule has 0 amide bonds. The summed E-state index contributed by atoms with van der Waals surface area (Å²) in [6.07, 6.45) is 5.02. The second-order valence-corrected chi connectivity index (χ2v) is 5.02. The van der Waals surface area contributed by atoms with Gasteiger partial charge < -0.3 is 10.7 Å². The Balaban J connectivity index is 1.91. The van der Waals surface area contributed by atoms with E-state index in [-0.39, 0.29) is 0 Å². The molecule has 0 aliphatic rings. The molecule has 3 nitrogen and oxygen atoms in total. The van der Waals surface area contributed by atoms with Gasteiger partial charge in [-0.15, -0.1) is 0 Å². The number of unbranched alkanes of at least 4 members (excludes halogenated alkanes) is 1. The van der Waals surface area contributed by atoms with Crippen molar-refractivity contribution < 1.29 is 0 Å². The second kappa shape index (κ2) is 5.88. The molecule has 0 radical (unpaired) electrons. The topological polar surface area (TPSA) is 54.7 Å². The van der Waals surface area contributed by atoms with Gasteiger partial charge in [0.15, 0.2) is 0 Å². The molecule has 0 saturated heterocycles. The smallest absolute Gasteiger partial charge is 0.106 e. The maximum atomic E-state index is 5.52. The molecule has 1 heterocycles. The van der Waals surface area contributed by atoms with Crippen molar-refractivity contribution in [2.45, 2.75) is 19.3 Å². The highest BCUT2D eigenvalue weighted by Crippen LogP contribution is 2.27. The quantitative estimate of drug-likeness (QED) is 0.694. The summed E-state index contributed by atoms with van der Waals surface area (Å²) in [5, 5.41) is 2.51. The Kier molecular flexibility index (Phi) is 3.79. The van der Waals surface area contributed by atoms with Gasteiger partial charge in [-0.1, -0.05) is 42.5 Å². The molecule has 3 N–H and O–H groups in total. The first-order chi connectivity index (χ1) is 9.88. The van der Waals surface area contributed by atoms with Gasteiger partial charge in [0.2, 0.25) is 0 Å². The first-order valence-corrected chi connectivity index (χ1v) is 7.10. The number of nitrogens with one attached hydrogen (secondary N) is 1. The van der Waals surface area contributed by atoms with Crippen molar-refractivity contribution in [1.82, 2.24) is 9.97 Å². The average molecular weight is 265 g/mol. The first kappa shape index (κ1) is 12.9. The summed E-state index contributed by atoms with van der Waals surface area (Å²) in [5.41, 5.74) is 7.82. The highest BCUT2D eigenvalue weighted by molar-refractivity contribution is 5.95. The van der Waals surface area contributed by atoms with Crippen molar-refractivity contribution in [2.24, 2.45) is 5.73 Å². The van der Waals surface area contributed by atoms with Crippen LogP contribution in [-0.4, -0.2) is 16.5 Å². The number of hydrogen-bond donors (Lipinski definition) is 2. The number of nitrogens with two attached hydrogens (primary N) is 1. The lowest BCUT2D eigenvalue weighted by atomic mass is 10.0. The molecule has 102 valence electrons. The SMILES string of the molecule is NCCCCc1ncc(-c2cccc3ccccc23)[nH]1. The van der Waals surface area contributed by atoms with Crippen LogP contribution in [0.3, 0.4) is 0 Å². The summed E-state index contributed by atoms with van der Waals surface area (Å²) in [6, 6.07) is 14.8. The van der Waals surface area contributed by atoms with Crippen molar-refractivity contribution in [2.75, 3.05) is 6.54 Å². The molecular weight excluding hydrogens is 246 g/mol. The lowest BCUT2D eigenvalue weighted by molar-refractivity contribution is 0.723. The molecule has 0 spiro atoms. The van der Waals surface area contributed by atoms with Crippen LogP contribution in [0, 0.1) is 0 Å². The number of aromatic amines is 1. The van der Waals surface area contributed by atoms with Gasteiger partial charge in [-0.2, -0.15) is 0 Å². The van der Waals surface area contributed by atoms with Gasteiger partial charge in [-0.3, -0.25) is 0 Å². The Labute approximate surface area is 118 Å². The maximum absolute atomic E-state index is 5.52. The number of aryl methyl sites for hydroxylation is 1. The molecule has 0 unspecified atom stereocenters. The Morgan fingerprint density at radius 1 is 1.00 bits per heavy atom. The molecule has 0 aliphatic heterocycles. The fourth-order valence-electron chi connectivity index (χ4n) is 2.52. The number of benzene rings is 2. The number of H-pyrrole nitrogens is 1. The highest BCUT2D eigenvalue weighted by Gasteiger charge is 2.06. The highest BCUT2D eigenvalue weighted by atomic mass is 14.9. The minimum absolute atomic E-state index is 0.747. The molecule has 3 heteroatoms. The van der Waals surface area contributed by atoms with Crippen molar-refractivity contribution >= 4 is 10.8 Å². The van der Waals surface area contributed by atoms with Crippen molar-refractivity contribution in [3.8, 4) is 11.3 Å². The van der Waals surface area contributed by atoms with Crippen LogP contribution in [-0.2, 0) is 6.42 Å². The Hall–Kier alpha value is -2.13. The normalized spacial score (nSPS) is 11.1. The molecule has 0 aliphatic carbocycles. The largest absolute Gasteiger partial charge is 0.342 e. The van der Waals surface area contributed by atoms with E-state index >= 15 is 0 Å². The van der Waals surface area contributed by atoms with Crippen molar-refractivity contribution in [3.05, 3.63) is 54.5 Å². The van der Waals surface area contributed by atoms with Crippen LogP contribution in [0.15, 0.2) is 48.7 Å². The van der Waals surface area contributed by atoms with Crippen LogP contribution in [0.1, 0.15) is 18.7 Å². The molecule has 1 aromatic heterocycles. The maximum Gasteiger partial charge on any atom is 0.106 e. The van der Waals surface area contributed by atoms with Gasteiger partial charge in [0.05, 0.1) is 11.9 Å². The molecule has 0 saturated carbocycles. The zero-order chi connectivity index (χ0) is 13.8. The molecule has 3 rings (SSSR count). The molecule has 0 bridgehead atoms. The van der Waals surface area contributed by atoms with E-state index in [9.17, 15) is 0 Å². The summed E-state index contributed by atoms with van der Waals surface area (Å²) < 4.78 is 0. The second-order valence-electron chi connectivity index (χ2n) is 5.02. The lowest BCUT2D eigenvalue weighted by Crippen LogP contribution is -1.99. The van der Waals surface area contributed by atoms with Crippen LogP contribution in [0.5, 0.6) is 0 Å². The summed E-state index contributed by atoms with van der Waals surface area (Å²) in [6.45, 7) is 0.747. The lowest BCUT2D eigenvalue weighted by Gasteiger charge is -2.04. The van der Waals surface area contributed by atoms with Crippen LogP contribution in [0.25, 0.3) is 22.0 Å². The van der Waals surface area contributed by atoms with Gasteiger partial charge in [-0.05, 0) is 30.2 Å². The van der Waals surface area contributed by atoms with Gasteiger partial charge in [0.25, 0.3) is 0 Å². The molecule has 20 heavy (non-hydrogen) atoms. The zero-order valence-corrected chi connectivity index (χ0v) is 11.5. The standard InChI is InChI=1S/C17H19N3/c18-11-4-3-10-17-19-12-16(20-17)15-9-5-7-13-6-1-2-8-14(13)15/h1-2,5-9,12H,3-4,10-11,18H2,(H,19,20). The predicted octanol–water partition coefficient (Wildman–Crippen LogP) is 3.51. The van der Waals surface area contributed by atoms with E-state index in [1.807, 2.05) is 6.20 Å². The van der Waals surface area contributed by atoms with Crippen LogP contribution >= 0.6 is 0 Å². The number of hydrogen-bond acceptors (Lipinski definition) is 2. The summed E-state index contributed by atoms with van der Waals surface area (Å²) >= 11 is 0. The van der Waals surface area contributed by atoms with Gasteiger partial charge >= 0.3 is 0 Å². The van der Waals surface area contributed by atoms with Gasteiger partial charge in [-0.25, -0.2) is 4.98 Å². The molecule has 0 atom stereocenters. The molecule has 0 fully saturated rings. The van der Waals surface area contributed by atoms with Gasteiger partial charge in [0.1, 0.15) is 5.82 Å². The van der Waals surface area contributed by atoms with E-state index in [2.05, 4.69) is 52.4 Å². The minimum Gasteiger partial charge on any atom is -0.342 e. The van der Waals surface area contributed by atoms with E-state index < -0.39 is 0 Å².